The molecule has 0 fully saturated rings. The minimum atomic E-state index is -3.82. The lowest BCUT2D eigenvalue weighted by Gasteiger charge is -2.31. The Kier molecular flexibility index (Phi) is 5.59. The average molecular weight is 470 g/mol. The van der Waals surface area contributed by atoms with Gasteiger partial charge in [-0.05, 0) is 41.0 Å². The van der Waals surface area contributed by atoms with Gasteiger partial charge in [-0.1, -0.05) is 41.9 Å². The molecule has 1 unspecified atom stereocenters. The number of halogens is 4. The molecule has 0 aromatic heterocycles. The van der Waals surface area contributed by atoms with Crippen LogP contribution in [-0.2, 0) is 15.8 Å². The van der Waals surface area contributed by atoms with Crippen molar-refractivity contribution >= 4 is 21.6 Å². The van der Waals surface area contributed by atoms with E-state index in [9.17, 15) is 21.6 Å². The van der Waals surface area contributed by atoms with E-state index in [2.05, 4.69) is 4.74 Å². The highest BCUT2D eigenvalue weighted by Gasteiger charge is 2.31. The summed E-state index contributed by atoms with van der Waals surface area (Å²) in [7, 11) is -3.82. The van der Waals surface area contributed by atoms with Gasteiger partial charge in [0, 0.05) is 10.6 Å². The van der Waals surface area contributed by atoms with Crippen molar-refractivity contribution in [2.75, 3.05) is 0 Å². The van der Waals surface area contributed by atoms with Crippen molar-refractivity contribution in [1.29, 1.82) is 0 Å². The maximum atomic E-state index is 13.9. The van der Waals surface area contributed by atoms with Crippen LogP contribution < -0.4 is 14.6 Å². The third kappa shape index (κ3) is 4.63. The molecule has 0 radical (unpaired) electrons. The molecule has 162 valence electrons. The standard InChI is InChI=1S/C21H15ClF3NO4S/c22-13-8-17-19(18(9-13)30-21(24)25)15-5-4-11(10-31(26,27)28)6-16(15)20(29-17)12-2-1-3-14(23)7-12/h1-9,20-21H,10H2,(H2,26,27,28). The van der Waals surface area contributed by atoms with Gasteiger partial charge in [-0.15, -0.1) is 0 Å². The summed E-state index contributed by atoms with van der Waals surface area (Å²) in [6.45, 7) is -3.10. The first-order valence-corrected chi connectivity index (χ1v) is 11.0. The van der Waals surface area contributed by atoms with Gasteiger partial charge in [-0.2, -0.15) is 8.78 Å². The number of benzene rings is 3. The Balaban J connectivity index is 1.95. The summed E-state index contributed by atoms with van der Waals surface area (Å²) in [5.41, 5.74) is 1.94. The third-order valence-corrected chi connectivity index (χ3v) is 5.63. The molecule has 0 saturated heterocycles. The molecule has 3 aromatic rings. The fourth-order valence-electron chi connectivity index (χ4n) is 3.59. The van der Waals surface area contributed by atoms with Crippen molar-refractivity contribution in [2.45, 2.75) is 18.5 Å². The average Bonchev–Trinajstić information content (AvgIpc) is 2.65. The normalized spacial score (nSPS) is 15.2. The topological polar surface area (TPSA) is 78.6 Å². The van der Waals surface area contributed by atoms with Gasteiger partial charge in [-0.25, -0.2) is 17.9 Å². The van der Waals surface area contributed by atoms with E-state index < -0.39 is 34.3 Å². The number of sulfonamides is 1. The monoisotopic (exact) mass is 469 g/mol. The lowest BCUT2D eigenvalue weighted by atomic mass is 9.88. The van der Waals surface area contributed by atoms with Crippen molar-refractivity contribution in [1.82, 2.24) is 0 Å². The summed E-state index contributed by atoms with van der Waals surface area (Å²) >= 11 is 6.06. The molecule has 4 rings (SSSR count). The number of fused-ring (bicyclic) bond motifs is 3. The summed E-state index contributed by atoms with van der Waals surface area (Å²) < 4.78 is 73.7. The summed E-state index contributed by atoms with van der Waals surface area (Å²) in [5.74, 6) is -0.967. The molecule has 10 heteroatoms. The molecule has 1 aliphatic rings. The zero-order valence-corrected chi connectivity index (χ0v) is 17.3. The molecule has 5 nitrogen and oxygen atoms in total. The van der Waals surface area contributed by atoms with Crippen LogP contribution in [0.2, 0.25) is 5.02 Å². The second kappa shape index (κ2) is 8.07. The minimum Gasteiger partial charge on any atom is -0.480 e. The number of alkyl halides is 2. The predicted molar refractivity (Wildman–Crippen MR) is 109 cm³/mol. The molecule has 0 aliphatic carbocycles. The number of primary sulfonamides is 1. The van der Waals surface area contributed by atoms with Crippen LogP contribution in [0.25, 0.3) is 11.1 Å². The Hall–Kier alpha value is -2.75. The van der Waals surface area contributed by atoms with Crippen LogP contribution in [0, 0.1) is 5.82 Å². The van der Waals surface area contributed by atoms with Crippen LogP contribution in [0.5, 0.6) is 11.5 Å². The zero-order chi connectivity index (χ0) is 22.3. The fourth-order valence-corrected chi connectivity index (χ4v) is 4.43. The largest absolute Gasteiger partial charge is 0.480 e. The maximum absolute atomic E-state index is 13.9. The van der Waals surface area contributed by atoms with E-state index in [4.69, 9.17) is 21.5 Å². The molecule has 1 atom stereocenters. The Bertz CT molecular complexity index is 1270. The van der Waals surface area contributed by atoms with Crippen molar-refractivity contribution in [2.24, 2.45) is 5.14 Å². The summed E-state index contributed by atoms with van der Waals surface area (Å²) in [4.78, 5) is 0. The summed E-state index contributed by atoms with van der Waals surface area (Å²) in [6, 6.07) is 13.0. The number of ether oxygens (including phenoxy) is 2. The number of rotatable bonds is 5. The summed E-state index contributed by atoms with van der Waals surface area (Å²) in [6.07, 6.45) is -0.850. The Morgan fingerprint density at radius 1 is 1.13 bits per heavy atom. The Morgan fingerprint density at radius 3 is 2.58 bits per heavy atom. The molecule has 0 saturated carbocycles. The van der Waals surface area contributed by atoms with Crippen LogP contribution in [0.15, 0.2) is 54.6 Å². The van der Waals surface area contributed by atoms with Gasteiger partial charge in [0.1, 0.15) is 23.4 Å². The van der Waals surface area contributed by atoms with Crippen LogP contribution in [0.3, 0.4) is 0 Å². The van der Waals surface area contributed by atoms with Crippen LogP contribution >= 0.6 is 11.6 Å². The minimum absolute atomic E-state index is 0.113. The molecular formula is C21H15ClF3NO4S. The van der Waals surface area contributed by atoms with E-state index in [1.165, 1.54) is 36.4 Å². The van der Waals surface area contributed by atoms with Crippen molar-refractivity contribution in [3.63, 3.8) is 0 Å². The molecule has 0 bridgehead atoms. The van der Waals surface area contributed by atoms with E-state index in [1.807, 2.05) is 0 Å². The lowest BCUT2D eigenvalue weighted by Crippen LogP contribution is -2.18. The van der Waals surface area contributed by atoms with Crippen LogP contribution in [-0.4, -0.2) is 15.0 Å². The lowest BCUT2D eigenvalue weighted by molar-refractivity contribution is -0.0496. The molecule has 2 N–H and O–H groups in total. The van der Waals surface area contributed by atoms with Crippen LogP contribution in [0.1, 0.15) is 22.8 Å². The smallest absolute Gasteiger partial charge is 0.387 e. The van der Waals surface area contributed by atoms with E-state index >= 15 is 0 Å². The highest BCUT2D eigenvalue weighted by Crippen LogP contribution is 2.50. The maximum Gasteiger partial charge on any atom is 0.387 e. The van der Waals surface area contributed by atoms with Gasteiger partial charge in [0.2, 0.25) is 10.0 Å². The molecule has 0 amide bonds. The van der Waals surface area contributed by atoms with Gasteiger partial charge in [-0.3, -0.25) is 0 Å². The third-order valence-electron chi connectivity index (χ3n) is 4.68. The number of nitrogens with two attached hydrogens (primary N) is 1. The van der Waals surface area contributed by atoms with Crippen molar-refractivity contribution in [3.05, 3.63) is 82.1 Å². The van der Waals surface area contributed by atoms with E-state index in [0.717, 1.165) is 0 Å². The second-order valence-corrected chi connectivity index (χ2v) is 8.99. The van der Waals surface area contributed by atoms with Crippen molar-refractivity contribution < 1.29 is 31.1 Å². The van der Waals surface area contributed by atoms with Crippen LogP contribution in [0.4, 0.5) is 13.2 Å². The molecule has 31 heavy (non-hydrogen) atoms. The number of hydrogen-bond acceptors (Lipinski definition) is 4. The molecule has 1 heterocycles. The molecular weight excluding hydrogens is 455 g/mol. The first kappa shape index (κ1) is 21.5. The first-order chi connectivity index (χ1) is 14.6. The second-order valence-electron chi connectivity index (χ2n) is 6.94. The van der Waals surface area contributed by atoms with Crippen molar-refractivity contribution in [3.8, 4) is 22.6 Å². The van der Waals surface area contributed by atoms with Gasteiger partial charge in [0.05, 0.1) is 11.3 Å². The molecule has 0 spiro atoms. The quantitative estimate of drug-likeness (QED) is 0.569. The van der Waals surface area contributed by atoms with Gasteiger partial charge >= 0.3 is 6.61 Å². The number of hydrogen-bond donors (Lipinski definition) is 1. The predicted octanol–water partition coefficient (Wildman–Crippen LogP) is 5.02. The molecule has 3 aromatic carbocycles. The SMILES string of the molecule is NS(=O)(=O)Cc1ccc2c(c1)C(c1cccc(F)c1)Oc1cc(Cl)cc(OC(F)F)c1-2. The fraction of sp³-hybridized carbons (Fsp3) is 0.143. The summed E-state index contributed by atoms with van der Waals surface area (Å²) in [5, 5.41) is 5.27. The van der Waals surface area contributed by atoms with E-state index in [1.54, 1.807) is 18.2 Å². The zero-order valence-electron chi connectivity index (χ0n) is 15.7. The molecule has 1 aliphatic heterocycles. The van der Waals surface area contributed by atoms with Gasteiger partial charge < -0.3 is 9.47 Å². The Morgan fingerprint density at radius 2 is 1.90 bits per heavy atom. The Labute approximate surface area is 181 Å². The van der Waals surface area contributed by atoms with E-state index in [-0.39, 0.29) is 22.1 Å². The first-order valence-electron chi connectivity index (χ1n) is 8.95. The van der Waals surface area contributed by atoms with E-state index in [0.29, 0.717) is 22.3 Å². The highest BCUT2D eigenvalue weighted by atomic mass is 35.5. The van der Waals surface area contributed by atoms with Gasteiger partial charge in [0.25, 0.3) is 0 Å². The highest BCUT2D eigenvalue weighted by molar-refractivity contribution is 7.88. The van der Waals surface area contributed by atoms with Gasteiger partial charge in [0.15, 0.2) is 0 Å².